The van der Waals surface area contributed by atoms with Gasteiger partial charge < -0.3 is 20.1 Å². The van der Waals surface area contributed by atoms with Gasteiger partial charge >= 0.3 is 5.97 Å². The van der Waals surface area contributed by atoms with Gasteiger partial charge in [-0.05, 0) is 54.9 Å². The Kier molecular flexibility index (Phi) is 4.39. The van der Waals surface area contributed by atoms with Crippen molar-refractivity contribution >= 4 is 11.8 Å². The lowest BCUT2D eigenvalue weighted by molar-refractivity contribution is -0.268. The number of hydrogen-bond acceptors (Lipinski definition) is 6. The predicted molar refractivity (Wildman–Crippen MR) is 101 cm³/mol. The molecule has 2 bridgehead atoms. The van der Waals surface area contributed by atoms with E-state index in [0.717, 1.165) is 6.42 Å². The van der Waals surface area contributed by atoms with Crippen LogP contribution in [0.4, 0.5) is 0 Å². The van der Waals surface area contributed by atoms with Gasteiger partial charge in [-0.15, -0.1) is 0 Å². The van der Waals surface area contributed by atoms with Crippen LogP contribution < -0.4 is 0 Å². The second-order valence-corrected chi connectivity index (χ2v) is 10.2. The minimum atomic E-state index is -1.36. The molecular formula is C22H32O6. The Hall–Kier alpha value is -1.24. The van der Waals surface area contributed by atoms with Crippen LogP contribution in [0.3, 0.4) is 0 Å². The summed E-state index contributed by atoms with van der Waals surface area (Å²) in [4.78, 5) is 25.1. The summed E-state index contributed by atoms with van der Waals surface area (Å²) in [7, 11) is 0. The van der Waals surface area contributed by atoms with E-state index in [0.29, 0.717) is 31.3 Å². The molecule has 0 unspecified atom stereocenters. The van der Waals surface area contributed by atoms with E-state index in [4.69, 9.17) is 4.74 Å². The van der Waals surface area contributed by atoms with Crippen LogP contribution in [-0.4, -0.2) is 52.0 Å². The lowest BCUT2D eigenvalue weighted by Gasteiger charge is -2.66. The minimum absolute atomic E-state index is 0.00781. The number of fused-ring (bicyclic) bond motifs is 3. The Morgan fingerprint density at radius 1 is 1.14 bits per heavy atom. The lowest BCUT2D eigenvalue weighted by Crippen LogP contribution is -2.72. The van der Waals surface area contributed by atoms with Gasteiger partial charge in [-0.3, -0.25) is 9.59 Å². The first-order chi connectivity index (χ1) is 13.0. The van der Waals surface area contributed by atoms with Gasteiger partial charge in [0, 0.05) is 18.3 Å². The summed E-state index contributed by atoms with van der Waals surface area (Å²) < 4.78 is 5.49. The topological polar surface area (TPSA) is 104 Å². The highest BCUT2D eigenvalue weighted by Crippen LogP contribution is 2.71. The zero-order valence-electron chi connectivity index (χ0n) is 17.0. The van der Waals surface area contributed by atoms with Crippen molar-refractivity contribution in [3.63, 3.8) is 0 Å². The van der Waals surface area contributed by atoms with Crippen molar-refractivity contribution in [2.24, 2.45) is 34.0 Å². The van der Waals surface area contributed by atoms with Crippen molar-refractivity contribution in [2.45, 2.75) is 71.2 Å². The van der Waals surface area contributed by atoms with Crippen LogP contribution in [0, 0.1) is 34.0 Å². The maximum Gasteiger partial charge on any atom is 0.302 e. The standard InChI is InChI=1S/C22H32O6/c1-11-13-5-6-14-21(10-28-12(2)23)15(20(3,4)8-7-16(21)24)9-17(25)22(14,18(11)26)19(13)27/h13-17,19,24-25,27H,1,5-10H2,2-4H3/t13-,14-,15+,16-,17+,19+,21-,22-/m0/s1. The van der Waals surface area contributed by atoms with Gasteiger partial charge in [-0.25, -0.2) is 0 Å². The molecule has 0 aromatic carbocycles. The van der Waals surface area contributed by atoms with Crippen molar-refractivity contribution in [3.8, 4) is 0 Å². The first kappa shape index (κ1) is 20.0. The average Bonchev–Trinajstić information content (AvgIpc) is 2.73. The third-order valence-corrected chi connectivity index (χ3v) is 8.81. The van der Waals surface area contributed by atoms with E-state index in [9.17, 15) is 24.9 Å². The number of hydrogen-bond donors (Lipinski definition) is 3. The fourth-order valence-corrected chi connectivity index (χ4v) is 7.55. The van der Waals surface area contributed by atoms with E-state index in [-0.39, 0.29) is 29.6 Å². The molecule has 0 saturated heterocycles. The normalized spacial score (nSPS) is 49.4. The average molecular weight is 392 g/mol. The van der Waals surface area contributed by atoms with Gasteiger partial charge in [0.05, 0.1) is 30.3 Å². The summed E-state index contributed by atoms with van der Waals surface area (Å²) in [6, 6.07) is 0. The van der Waals surface area contributed by atoms with Crippen LogP contribution in [0.25, 0.3) is 0 Å². The fourth-order valence-electron chi connectivity index (χ4n) is 7.55. The molecule has 4 saturated carbocycles. The molecule has 1 spiro atoms. The highest BCUT2D eigenvalue weighted by Gasteiger charge is 2.76. The molecule has 4 aliphatic rings. The molecule has 4 fully saturated rings. The number of aliphatic hydroxyl groups is 3. The zero-order chi connectivity index (χ0) is 20.6. The van der Waals surface area contributed by atoms with Crippen LogP contribution in [0.5, 0.6) is 0 Å². The molecular weight excluding hydrogens is 360 g/mol. The number of carbonyl (C=O) groups is 2. The Morgan fingerprint density at radius 2 is 1.82 bits per heavy atom. The van der Waals surface area contributed by atoms with Crippen LogP contribution in [0.2, 0.25) is 0 Å². The van der Waals surface area contributed by atoms with Crippen LogP contribution >= 0.6 is 0 Å². The van der Waals surface area contributed by atoms with E-state index in [2.05, 4.69) is 20.4 Å². The molecule has 4 rings (SSSR count). The first-order valence-electron chi connectivity index (χ1n) is 10.4. The number of carbonyl (C=O) groups excluding carboxylic acids is 2. The van der Waals surface area contributed by atoms with Crippen LogP contribution in [0.1, 0.15) is 52.9 Å². The summed E-state index contributed by atoms with van der Waals surface area (Å²) in [5.74, 6) is -1.62. The predicted octanol–water partition coefficient (Wildman–Crippen LogP) is 1.61. The molecule has 3 N–H and O–H groups in total. The fraction of sp³-hybridized carbons (Fsp3) is 0.818. The summed E-state index contributed by atoms with van der Waals surface area (Å²) in [6.45, 7) is 9.52. The third kappa shape index (κ3) is 2.20. The van der Waals surface area contributed by atoms with Crippen LogP contribution in [0.15, 0.2) is 12.2 Å². The molecule has 6 nitrogen and oxygen atoms in total. The SMILES string of the molecule is C=C1C(=O)[C@@]23[C@H](O)C[C@@H]4C(C)(C)CC[C@H](O)[C@@]4(COC(C)=O)[C@@H]2CC[C@@H]1[C@H]3O. The van der Waals surface area contributed by atoms with E-state index in [1.165, 1.54) is 6.92 Å². The molecule has 0 aliphatic heterocycles. The smallest absolute Gasteiger partial charge is 0.302 e. The number of esters is 1. The van der Waals surface area contributed by atoms with Crippen molar-refractivity contribution in [3.05, 3.63) is 12.2 Å². The molecule has 156 valence electrons. The highest BCUT2D eigenvalue weighted by molar-refractivity contribution is 6.04. The van der Waals surface area contributed by atoms with Gasteiger partial charge in [0.25, 0.3) is 0 Å². The number of ether oxygens (including phenoxy) is 1. The maximum atomic E-state index is 13.4. The van der Waals surface area contributed by atoms with E-state index in [1.54, 1.807) is 0 Å². The zero-order valence-corrected chi connectivity index (χ0v) is 17.0. The summed E-state index contributed by atoms with van der Waals surface area (Å²) >= 11 is 0. The molecule has 0 amide bonds. The van der Waals surface area contributed by atoms with Crippen molar-refractivity contribution in [1.29, 1.82) is 0 Å². The molecule has 0 aromatic heterocycles. The number of aliphatic hydroxyl groups excluding tert-OH is 3. The lowest BCUT2D eigenvalue weighted by atomic mass is 9.38. The van der Waals surface area contributed by atoms with E-state index < -0.39 is 41.0 Å². The van der Waals surface area contributed by atoms with Gasteiger partial charge in [0.15, 0.2) is 5.78 Å². The quantitative estimate of drug-likeness (QED) is 0.487. The van der Waals surface area contributed by atoms with Crippen molar-refractivity contribution in [2.75, 3.05) is 6.61 Å². The number of rotatable bonds is 2. The summed E-state index contributed by atoms with van der Waals surface area (Å²) in [5.41, 5.74) is -2.02. The molecule has 28 heavy (non-hydrogen) atoms. The van der Waals surface area contributed by atoms with Crippen LogP contribution in [-0.2, 0) is 14.3 Å². The Bertz CT molecular complexity index is 729. The molecule has 0 radical (unpaired) electrons. The largest absolute Gasteiger partial charge is 0.465 e. The minimum Gasteiger partial charge on any atom is -0.465 e. The monoisotopic (exact) mass is 392 g/mol. The second-order valence-electron chi connectivity index (χ2n) is 10.2. The van der Waals surface area contributed by atoms with Crippen molar-refractivity contribution < 1.29 is 29.6 Å². The molecule has 4 aliphatic carbocycles. The van der Waals surface area contributed by atoms with Gasteiger partial charge in [-0.2, -0.15) is 0 Å². The molecule has 0 heterocycles. The van der Waals surface area contributed by atoms with Gasteiger partial charge in [0.1, 0.15) is 0 Å². The number of ketones is 1. The van der Waals surface area contributed by atoms with Gasteiger partial charge in [0.2, 0.25) is 0 Å². The number of Topliss-reactive ketones (excluding diaryl/α,β-unsaturated/α-hetero) is 1. The Morgan fingerprint density at radius 3 is 2.46 bits per heavy atom. The molecule has 6 heteroatoms. The van der Waals surface area contributed by atoms with E-state index >= 15 is 0 Å². The maximum absolute atomic E-state index is 13.4. The Labute approximate surface area is 166 Å². The first-order valence-corrected chi connectivity index (χ1v) is 10.4. The molecule has 8 atom stereocenters. The third-order valence-electron chi connectivity index (χ3n) is 8.81. The van der Waals surface area contributed by atoms with Gasteiger partial charge in [-0.1, -0.05) is 20.4 Å². The molecule has 0 aromatic rings. The summed E-state index contributed by atoms with van der Waals surface area (Å²) in [6.07, 6.45) is 0.0486. The second kappa shape index (κ2) is 6.13. The highest BCUT2D eigenvalue weighted by atomic mass is 16.5. The summed E-state index contributed by atoms with van der Waals surface area (Å²) in [5, 5.41) is 33.8. The Balaban J connectivity index is 1.92. The van der Waals surface area contributed by atoms with Crippen molar-refractivity contribution in [1.82, 2.24) is 0 Å². The van der Waals surface area contributed by atoms with E-state index in [1.807, 2.05) is 0 Å².